The SMILES string of the molecule is C=CCN(CC=C)CC1C2CCC(C2)C1N. The lowest BCUT2D eigenvalue weighted by molar-refractivity contribution is 0.198. The van der Waals surface area contributed by atoms with Crippen LogP contribution in [0.25, 0.3) is 0 Å². The summed E-state index contributed by atoms with van der Waals surface area (Å²) < 4.78 is 0. The Morgan fingerprint density at radius 2 is 1.75 bits per heavy atom. The van der Waals surface area contributed by atoms with Crippen molar-refractivity contribution in [2.24, 2.45) is 23.5 Å². The van der Waals surface area contributed by atoms with E-state index in [0.29, 0.717) is 12.0 Å². The number of nitrogens with two attached hydrogens (primary N) is 1. The van der Waals surface area contributed by atoms with Crippen LogP contribution in [-0.2, 0) is 0 Å². The molecule has 4 unspecified atom stereocenters. The van der Waals surface area contributed by atoms with Gasteiger partial charge in [-0.3, -0.25) is 4.90 Å². The number of nitrogens with zero attached hydrogens (tertiary/aromatic N) is 1. The van der Waals surface area contributed by atoms with Crippen molar-refractivity contribution in [2.75, 3.05) is 19.6 Å². The molecule has 0 aromatic carbocycles. The van der Waals surface area contributed by atoms with Crippen LogP contribution in [0.4, 0.5) is 0 Å². The molecule has 2 heteroatoms. The van der Waals surface area contributed by atoms with Gasteiger partial charge in [0.15, 0.2) is 0 Å². The summed E-state index contributed by atoms with van der Waals surface area (Å²) in [6.07, 6.45) is 8.09. The first kappa shape index (κ1) is 11.9. The van der Waals surface area contributed by atoms with Gasteiger partial charge in [-0.15, -0.1) is 13.2 Å². The smallest absolute Gasteiger partial charge is 0.0164 e. The summed E-state index contributed by atoms with van der Waals surface area (Å²) in [6, 6.07) is 0.441. The van der Waals surface area contributed by atoms with E-state index in [0.717, 1.165) is 31.5 Å². The van der Waals surface area contributed by atoms with E-state index in [2.05, 4.69) is 18.1 Å². The maximum absolute atomic E-state index is 6.33. The highest BCUT2D eigenvalue weighted by molar-refractivity contribution is 5.00. The summed E-state index contributed by atoms with van der Waals surface area (Å²) in [5.74, 6) is 2.40. The van der Waals surface area contributed by atoms with Gasteiger partial charge < -0.3 is 5.73 Å². The van der Waals surface area contributed by atoms with Gasteiger partial charge in [-0.2, -0.15) is 0 Å². The predicted octanol–water partition coefficient (Wildman–Crippen LogP) is 2.03. The van der Waals surface area contributed by atoms with Crippen LogP contribution in [0.1, 0.15) is 19.3 Å². The van der Waals surface area contributed by atoms with Crippen molar-refractivity contribution in [1.82, 2.24) is 4.90 Å². The molecule has 2 nitrogen and oxygen atoms in total. The summed E-state index contributed by atoms with van der Waals surface area (Å²) >= 11 is 0. The Labute approximate surface area is 99.2 Å². The molecule has 0 aromatic rings. The molecule has 0 amide bonds. The van der Waals surface area contributed by atoms with Crippen LogP contribution < -0.4 is 5.73 Å². The molecule has 2 bridgehead atoms. The minimum Gasteiger partial charge on any atom is -0.327 e. The first-order valence-corrected chi connectivity index (χ1v) is 6.46. The second-order valence-corrected chi connectivity index (χ2v) is 5.37. The Balaban J connectivity index is 1.92. The van der Waals surface area contributed by atoms with Crippen LogP contribution >= 0.6 is 0 Å². The normalized spacial score (nSPS) is 36.9. The van der Waals surface area contributed by atoms with Crippen LogP contribution in [0, 0.1) is 17.8 Å². The summed E-state index contributed by atoms with van der Waals surface area (Å²) in [4.78, 5) is 2.41. The zero-order valence-electron chi connectivity index (χ0n) is 10.1. The van der Waals surface area contributed by atoms with Gasteiger partial charge in [0, 0.05) is 25.7 Å². The molecule has 0 radical (unpaired) electrons. The summed E-state index contributed by atoms with van der Waals surface area (Å²) in [6.45, 7) is 10.7. The van der Waals surface area contributed by atoms with Crippen molar-refractivity contribution in [3.05, 3.63) is 25.3 Å². The molecule has 0 aromatic heterocycles. The first-order valence-electron chi connectivity index (χ1n) is 6.46. The van der Waals surface area contributed by atoms with Gasteiger partial charge in [-0.05, 0) is 37.0 Å². The van der Waals surface area contributed by atoms with Crippen molar-refractivity contribution in [3.63, 3.8) is 0 Å². The molecule has 2 rings (SSSR count). The molecule has 2 saturated carbocycles. The quantitative estimate of drug-likeness (QED) is 0.694. The highest BCUT2D eigenvalue weighted by Crippen LogP contribution is 2.47. The lowest BCUT2D eigenvalue weighted by Gasteiger charge is -2.32. The third-order valence-electron chi connectivity index (χ3n) is 4.40. The second kappa shape index (κ2) is 5.15. The maximum atomic E-state index is 6.33. The van der Waals surface area contributed by atoms with Gasteiger partial charge in [0.25, 0.3) is 0 Å². The van der Waals surface area contributed by atoms with E-state index in [4.69, 9.17) is 5.73 Å². The average Bonchev–Trinajstić information content (AvgIpc) is 2.83. The molecular weight excluding hydrogens is 196 g/mol. The van der Waals surface area contributed by atoms with E-state index in [9.17, 15) is 0 Å². The molecule has 2 fully saturated rings. The maximum Gasteiger partial charge on any atom is 0.0164 e. The Hall–Kier alpha value is -0.600. The summed E-state index contributed by atoms with van der Waals surface area (Å²) in [7, 11) is 0. The van der Waals surface area contributed by atoms with Crippen LogP contribution in [0.2, 0.25) is 0 Å². The molecule has 0 saturated heterocycles. The lowest BCUT2D eigenvalue weighted by Crippen LogP contribution is -2.43. The average molecular weight is 220 g/mol. The highest BCUT2D eigenvalue weighted by atomic mass is 15.1. The molecule has 16 heavy (non-hydrogen) atoms. The third kappa shape index (κ3) is 2.23. The van der Waals surface area contributed by atoms with Crippen LogP contribution in [0.5, 0.6) is 0 Å². The van der Waals surface area contributed by atoms with Gasteiger partial charge >= 0.3 is 0 Å². The third-order valence-corrected chi connectivity index (χ3v) is 4.40. The number of fused-ring (bicyclic) bond motifs is 2. The van der Waals surface area contributed by atoms with E-state index in [-0.39, 0.29) is 0 Å². The van der Waals surface area contributed by atoms with E-state index in [1.54, 1.807) is 0 Å². The summed E-state index contributed by atoms with van der Waals surface area (Å²) in [5.41, 5.74) is 6.33. The van der Waals surface area contributed by atoms with Crippen LogP contribution in [-0.4, -0.2) is 30.6 Å². The van der Waals surface area contributed by atoms with Gasteiger partial charge in [0.05, 0.1) is 0 Å². The van der Waals surface area contributed by atoms with E-state index in [1.165, 1.54) is 19.3 Å². The molecule has 4 atom stereocenters. The van der Waals surface area contributed by atoms with Crippen molar-refractivity contribution in [3.8, 4) is 0 Å². The van der Waals surface area contributed by atoms with E-state index >= 15 is 0 Å². The van der Waals surface area contributed by atoms with Gasteiger partial charge in [-0.1, -0.05) is 12.2 Å². The van der Waals surface area contributed by atoms with Gasteiger partial charge in [0.2, 0.25) is 0 Å². The zero-order valence-corrected chi connectivity index (χ0v) is 10.1. The first-order chi connectivity index (χ1) is 7.76. The zero-order chi connectivity index (χ0) is 11.5. The predicted molar refractivity (Wildman–Crippen MR) is 69.1 cm³/mol. The standard InChI is InChI=1S/C14H24N2/c1-3-7-16(8-4-2)10-13-11-5-6-12(9-11)14(13)15/h3-4,11-14H,1-2,5-10,15H2. The van der Waals surface area contributed by atoms with Gasteiger partial charge in [-0.25, -0.2) is 0 Å². The van der Waals surface area contributed by atoms with E-state index < -0.39 is 0 Å². The molecule has 2 N–H and O–H groups in total. The Kier molecular flexibility index (Phi) is 3.82. The lowest BCUT2D eigenvalue weighted by atomic mass is 9.84. The molecule has 90 valence electrons. The molecule has 2 aliphatic rings. The van der Waals surface area contributed by atoms with Crippen molar-refractivity contribution >= 4 is 0 Å². The van der Waals surface area contributed by atoms with E-state index in [1.807, 2.05) is 12.2 Å². The van der Waals surface area contributed by atoms with Crippen LogP contribution in [0.15, 0.2) is 25.3 Å². The molecule has 0 heterocycles. The number of hydrogen-bond acceptors (Lipinski definition) is 2. The Morgan fingerprint density at radius 1 is 1.12 bits per heavy atom. The number of hydrogen-bond donors (Lipinski definition) is 1. The monoisotopic (exact) mass is 220 g/mol. The fraction of sp³-hybridized carbons (Fsp3) is 0.714. The molecule has 0 spiro atoms. The van der Waals surface area contributed by atoms with Crippen molar-refractivity contribution in [1.29, 1.82) is 0 Å². The second-order valence-electron chi connectivity index (χ2n) is 5.37. The molecular formula is C14H24N2. The summed E-state index contributed by atoms with van der Waals surface area (Å²) in [5, 5.41) is 0. The minimum atomic E-state index is 0.441. The topological polar surface area (TPSA) is 29.3 Å². The van der Waals surface area contributed by atoms with Crippen LogP contribution in [0.3, 0.4) is 0 Å². The van der Waals surface area contributed by atoms with Gasteiger partial charge in [0.1, 0.15) is 0 Å². The fourth-order valence-corrected chi connectivity index (χ4v) is 3.61. The van der Waals surface area contributed by atoms with Crippen molar-refractivity contribution in [2.45, 2.75) is 25.3 Å². The van der Waals surface area contributed by atoms with Crippen molar-refractivity contribution < 1.29 is 0 Å². The molecule has 2 aliphatic carbocycles. The fourth-order valence-electron chi connectivity index (χ4n) is 3.61. The Morgan fingerprint density at radius 3 is 2.25 bits per heavy atom. The highest BCUT2D eigenvalue weighted by Gasteiger charge is 2.45. The largest absolute Gasteiger partial charge is 0.327 e. The Bertz CT molecular complexity index is 249. The molecule has 0 aliphatic heterocycles. The minimum absolute atomic E-state index is 0.441. The number of rotatable bonds is 6.